The fourth-order valence-electron chi connectivity index (χ4n) is 2.39. The molecule has 25 heavy (non-hydrogen) atoms. The van der Waals surface area contributed by atoms with E-state index >= 15 is 0 Å². The molecule has 0 aromatic heterocycles. The first-order valence-corrected chi connectivity index (χ1v) is 9.58. The van der Waals surface area contributed by atoms with Gasteiger partial charge in [-0.2, -0.15) is 0 Å². The topological polar surface area (TPSA) is 66.5 Å². The van der Waals surface area contributed by atoms with Crippen molar-refractivity contribution in [2.75, 3.05) is 17.1 Å². The molecule has 0 aliphatic carbocycles. The van der Waals surface area contributed by atoms with E-state index in [1.807, 2.05) is 13.0 Å². The summed E-state index contributed by atoms with van der Waals surface area (Å²) in [6.07, 6.45) is 1.05. The van der Waals surface area contributed by atoms with Gasteiger partial charge in [0.2, 0.25) is 15.9 Å². The molecule has 0 unspecified atom stereocenters. The molecule has 134 valence electrons. The summed E-state index contributed by atoms with van der Waals surface area (Å²) in [5.74, 6) is -0.924. The smallest absolute Gasteiger partial charge is 0.241 e. The van der Waals surface area contributed by atoms with E-state index in [2.05, 4.69) is 5.32 Å². The minimum Gasteiger partial charge on any atom is -0.350 e. The molecule has 2 aromatic carbocycles. The van der Waals surface area contributed by atoms with Gasteiger partial charge in [-0.25, -0.2) is 12.8 Å². The molecule has 0 radical (unpaired) electrons. The third-order valence-corrected chi connectivity index (χ3v) is 4.88. The zero-order chi connectivity index (χ0) is 18.6. The predicted molar refractivity (Wildman–Crippen MR) is 96.4 cm³/mol. The molecule has 0 aliphatic heterocycles. The van der Waals surface area contributed by atoms with Crippen molar-refractivity contribution < 1.29 is 17.6 Å². The number of aryl methyl sites for hydroxylation is 2. The second-order valence-electron chi connectivity index (χ2n) is 5.93. The van der Waals surface area contributed by atoms with Gasteiger partial charge in [0.15, 0.2) is 0 Å². The number of anilines is 1. The van der Waals surface area contributed by atoms with Crippen molar-refractivity contribution in [3.05, 3.63) is 65.0 Å². The van der Waals surface area contributed by atoms with Crippen LogP contribution in [0.1, 0.15) is 16.7 Å². The van der Waals surface area contributed by atoms with E-state index in [0.717, 1.165) is 21.7 Å². The SMILES string of the molecule is Cc1ccc(C)c(N(CC(=O)NCc2ccccc2F)S(C)(=O)=O)c1. The molecule has 7 heteroatoms. The highest BCUT2D eigenvalue weighted by Gasteiger charge is 2.22. The fourth-order valence-corrected chi connectivity index (χ4v) is 3.30. The number of carbonyl (C=O) groups is 1. The summed E-state index contributed by atoms with van der Waals surface area (Å²) in [5.41, 5.74) is 2.44. The van der Waals surface area contributed by atoms with Gasteiger partial charge in [-0.3, -0.25) is 9.10 Å². The van der Waals surface area contributed by atoms with Crippen molar-refractivity contribution in [2.24, 2.45) is 0 Å². The highest BCUT2D eigenvalue weighted by Crippen LogP contribution is 2.23. The quantitative estimate of drug-likeness (QED) is 0.857. The van der Waals surface area contributed by atoms with Crippen LogP contribution in [-0.4, -0.2) is 27.1 Å². The molecule has 0 spiro atoms. The molecule has 5 nitrogen and oxygen atoms in total. The number of nitrogens with one attached hydrogen (secondary N) is 1. The summed E-state index contributed by atoms with van der Waals surface area (Å²) in [6.45, 7) is 3.26. The number of halogens is 1. The Kier molecular flexibility index (Phi) is 5.79. The highest BCUT2D eigenvalue weighted by atomic mass is 32.2. The van der Waals surface area contributed by atoms with E-state index in [-0.39, 0.29) is 13.1 Å². The van der Waals surface area contributed by atoms with Crippen molar-refractivity contribution in [3.63, 3.8) is 0 Å². The van der Waals surface area contributed by atoms with Crippen LogP contribution in [0.5, 0.6) is 0 Å². The summed E-state index contributed by atoms with van der Waals surface area (Å²) in [6, 6.07) is 11.5. The average molecular weight is 364 g/mol. The minimum absolute atomic E-state index is 0.00406. The van der Waals surface area contributed by atoms with E-state index in [1.165, 1.54) is 6.07 Å². The Morgan fingerprint density at radius 2 is 1.84 bits per heavy atom. The van der Waals surface area contributed by atoms with Crippen LogP contribution < -0.4 is 9.62 Å². The third-order valence-electron chi connectivity index (χ3n) is 3.75. The van der Waals surface area contributed by atoms with Gasteiger partial charge < -0.3 is 5.32 Å². The number of carbonyl (C=O) groups excluding carboxylic acids is 1. The summed E-state index contributed by atoms with van der Waals surface area (Å²) >= 11 is 0. The van der Waals surface area contributed by atoms with Gasteiger partial charge in [-0.1, -0.05) is 30.3 Å². The number of amides is 1. The van der Waals surface area contributed by atoms with Crippen LogP contribution in [0.15, 0.2) is 42.5 Å². The van der Waals surface area contributed by atoms with Gasteiger partial charge in [0, 0.05) is 12.1 Å². The molecule has 1 N–H and O–H groups in total. The zero-order valence-electron chi connectivity index (χ0n) is 14.4. The predicted octanol–water partition coefficient (Wildman–Crippen LogP) is 2.52. The summed E-state index contributed by atoms with van der Waals surface area (Å²) in [4.78, 5) is 12.2. The van der Waals surface area contributed by atoms with Gasteiger partial charge in [0.1, 0.15) is 12.4 Å². The van der Waals surface area contributed by atoms with Gasteiger partial charge in [0.25, 0.3) is 0 Å². The van der Waals surface area contributed by atoms with Crippen molar-refractivity contribution in [1.82, 2.24) is 5.32 Å². The average Bonchev–Trinajstić information content (AvgIpc) is 2.53. The first-order chi connectivity index (χ1) is 11.7. The van der Waals surface area contributed by atoms with Crippen molar-refractivity contribution in [1.29, 1.82) is 0 Å². The van der Waals surface area contributed by atoms with Crippen LogP contribution in [0.25, 0.3) is 0 Å². The largest absolute Gasteiger partial charge is 0.350 e. The summed E-state index contributed by atoms with van der Waals surface area (Å²) < 4.78 is 38.9. The summed E-state index contributed by atoms with van der Waals surface area (Å²) in [7, 11) is -3.64. The first-order valence-electron chi connectivity index (χ1n) is 7.73. The molecule has 2 rings (SSSR count). The second kappa shape index (κ2) is 7.65. The molecular formula is C18H21FN2O3S. The van der Waals surface area contributed by atoms with Gasteiger partial charge in [-0.05, 0) is 37.1 Å². The molecule has 0 fully saturated rings. The molecule has 0 atom stereocenters. The van der Waals surface area contributed by atoms with Crippen LogP contribution in [0, 0.1) is 19.7 Å². The lowest BCUT2D eigenvalue weighted by Crippen LogP contribution is -2.40. The van der Waals surface area contributed by atoms with Crippen LogP contribution in [0.2, 0.25) is 0 Å². The van der Waals surface area contributed by atoms with Crippen LogP contribution in [0.3, 0.4) is 0 Å². The monoisotopic (exact) mass is 364 g/mol. The number of hydrogen-bond acceptors (Lipinski definition) is 3. The molecule has 0 bridgehead atoms. The molecule has 0 saturated heterocycles. The Bertz CT molecular complexity index is 882. The molecule has 1 amide bonds. The Labute approximate surface area is 147 Å². The highest BCUT2D eigenvalue weighted by molar-refractivity contribution is 7.92. The minimum atomic E-state index is -3.64. The van der Waals surface area contributed by atoms with Gasteiger partial charge in [-0.15, -0.1) is 0 Å². The van der Waals surface area contributed by atoms with Crippen LogP contribution >= 0.6 is 0 Å². The number of hydrogen-bond donors (Lipinski definition) is 1. The van der Waals surface area contributed by atoms with Gasteiger partial charge >= 0.3 is 0 Å². The Morgan fingerprint density at radius 1 is 1.16 bits per heavy atom. The maximum absolute atomic E-state index is 13.6. The number of benzene rings is 2. The van der Waals surface area contributed by atoms with Crippen molar-refractivity contribution in [3.8, 4) is 0 Å². The maximum Gasteiger partial charge on any atom is 0.241 e. The standard InChI is InChI=1S/C18H21FN2O3S/c1-13-8-9-14(2)17(10-13)21(25(3,23)24)12-18(22)20-11-15-6-4-5-7-16(15)19/h4-10H,11-12H2,1-3H3,(H,20,22). The van der Waals surface area contributed by atoms with E-state index in [0.29, 0.717) is 11.3 Å². The number of nitrogens with zero attached hydrogens (tertiary/aromatic N) is 1. The first kappa shape index (κ1) is 18.9. The molecule has 2 aromatic rings. The second-order valence-corrected chi connectivity index (χ2v) is 7.83. The Balaban J connectivity index is 2.16. The lowest BCUT2D eigenvalue weighted by atomic mass is 10.1. The van der Waals surface area contributed by atoms with Crippen molar-refractivity contribution in [2.45, 2.75) is 20.4 Å². The lowest BCUT2D eigenvalue weighted by Gasteiger charge is -2.24. The van der Waals surface area contributed by atoms with E-state index in [4.69, 9.17) is 0 Å². The van der Waals surface area contributed by atoms with Crippen LogP contribution in [-0.2, 0) is 21.4 Å². The fraction of sp³-hybridized carbons (Fsp3) is 0.278. The van der Waals surface area contributed by atoms with Crippen LogP contribution in [0.4, 0.5) is 10.1 Å². The van der Waals surface area contributed by atoms with Crippen molar-refractivity contribution >= 4 is 21.6 Å². The van der Waals surface area contributed by atoms with E-state index in [1.54, 1.807) is 37.3 Å². The van der Waals surface area contributed by atoms with E-state index in [9.17, 15) is 17.6 Å². The molecule has 0 saturated carbocycles. The lowest BCUT2D eigenvalue weighted by molar-refractivity contribution is -0.119. The summed E-state index contributed by atoms with van der Waals surface area (Å²) in [5, 5.41) is 2.56. The third kappa shape index (κ3) is 5.03. The molecule has 0 aliphatic rings. The molecular weight excluding hydrogens is 343 g/mol. The number of sulfonamides is 1. The normalized spacial score (nSPS) is 11.2. The van der Waals surface area contributed by atoms with E-state index < -0.39 is 21.7 Å². The van der Waals surface area contributed by atoms with Gasteiger partial charge in [0.05, 0.1) is 11.9 Å². The Hall–Kier alpha value is -2.41. The molecule has 0 heterocycles. The maximum atomic E-state index is 13.6. The Morgan fingerprint density at radius 3 is 2.48 bits per heavy atom. The number of rotatable bonds is 6. The zero-order valence-corrected chi connectivity index (χ0v) is 15.2.